The van der Waals surface area contributed by atoms with Crippen molar-refractivity contribution in [1.29, 1.82) is 0 Å². The number of carbonyl (C=O) groups excluding carboxylic acids is 1. The first-order valence-corrected chi connectivity index (χ1v) is 3.89. The predicted molar refractivity (Wildman–Crippen MR) is 52.7 cm³/mol. The molecule has 0 fully saturated rings. The summed E-state index contributed by atoms with van der Waals surface area (Å²) >= 11 is 0. The fourth-order valence-corrected chi connectivity index (χ4v) is 0.427. The SMILES string of the molecule is COC(=O)[CH][CH][CH][CH][C@@H](C)O.[C-]#[O+].[C-]#[O+].[C-]#[O+].[Fe]. The van der Waals surface area contributed by atoms with Gasteiger partial charge in [-0.25, -0.2) is 0 Å². The minimum absolute atomic E-state index is 0. The Labute approximate surface area is 118 Å². The largest absolute Gasteiger partial charge is 0 e. The van der Waals surface area contributed by atoms with E-state index in [0.29, 0.717) is 0 Å². The van der Waals surface area contributed by atoms with E-state index in [1.165, 1.54) is 20.0 Å². The molecule has 4 radical (unpaired) electrons. The number of hydrogen-bond donors (Lipinski definition) is 1. The Morgan fingerprint density at radius 1 is 1.17 bits per heavy atom. The quantitative estimate of drug-likeness (QED) is 0.258. The van der Waals surface area contributed by atoms with Crippen molar-refractivity contribution in [2.45, 2.75) is 13.0 Å². The molecule has 0 aromatic rings. The second kappa shape index (κ2) is 36.0. The molecule has 0 saturated heterocycles. The molecule has 0 spiro atoms. The van der Waals surface area contributed by atoms with E-state index in [1.807, 2.05) is 0 Å². The van der Waals surface area contributed by atoms with E-state index in [4.69, 9.17) is 19.1 Å². The second-order valence-corrected chi connectivity index (χ2v) is 2.01. The first-order valence-electron chi connectivity index (χ1n) is 3.89. The molecule has 18 heavy (non-hydrogen) atoms. The van der Waals surface area contributed by atoms with Gasteiger partial charge in [-0.1, -0.05) is 0 Å². The number of rotatable bonds is 5. The maximum Gasteiger partial charge on any atom is 0 e. The fraction of sp³-hybridized carbons (Fsp3) is 0.273. The molecular weight excluding hydrogens is 284 g/mol. The molecule has 0 saturated carbocycles. The number of aliphatic hydroxyl groups is 1. The molecular formula is C11H12FeO6. The van der Waals surface area contributed by atoms with Crippen LogP contribution in [0.15, 0.2) is 0 Å². The van der Waals surface area contributed by atoms with Crippen molar-refractivity contribution in [1.82, 2.24) is 0 Å². The normalized spacial score (nSPS) is 8.06. The van der Waals surface area contributed by atoms with Gasteiger partial charge in [0, 0.05) is 17.1 Å². The molecule has 0 aliphatic heterocycles. The average Bonchev–Trinajstić information content (AvgIpc) is 2.41. The summed E-state index contributed by atoms with van der Waals surface area (Å²) < 4.78 is 26.8. The van der Waals surface area contributed by atoms with Crippen molar-refractivity contribution in [3.63, 3.8) is 0 Å². The number of ether oxygens (including phenoxy) is 1. The monoisotopic (exact) mass is 296 g/mol. The summed E-state index contributed by atoms with van der Waals surface area (Å²) in [5, 5.41) is 8.74. The first kappa shape index (κ1) is 30.3. The molecule has 0 rings (SSSR count). The Bertz CT molecular complexity index is 195. The van der Waals surface area contributed by atoms with Gasteiger partial charge in [-0.3, -0.25) is 4.79 Å². The molecule has 0 amide bonds. The zero-order chi connectivity index (χ0) is 14.7. The summed E-state index contributed by atoms with van der Waals surface area (Å²) in [4.78, 5) is 10.5. The predicted octanol–water partition coefficient (Wildman–Crippen LogP) is 0.242. The Balaban J connectivity index is -0.0000000700. The van der Waals surface area contributed by atoms with E-state index in [9.17, 15) is 4.79 Å². The van der Waals surface area contributed by atoms with Crippen LogP contribution in [0.25, 0.3) is 0 Å². The number of aliphatic hydroxyl groups excluding tert-OH is 1. The number of esters is 1. The maximum absolute atomic E-state index is 10.5. The number of methoxy groups -OCH3 is 1. The van der Waals surface area contributed by atoms with Crippen LogP contribution in [0.1, 0.15) is 6.92 Å². The second-order valence-electron chi connectivity index (χ2n) is 2.01. The molecule has 0 aromatic carbocycles. The summed E-state index contributed by atoms with van der Waals surface area (Å²) in [6, 6.07) is 0. The third kappa shape index (κ3) is 45.6. The van der Waals surface area contributed by atoms with E-state index < -0.39 is 12.1 Å². The van der Waals surface area contributed by atoms with Crippen LogP contribution in [0.2, 0.25) is 0 Å². The van der Waals surface area contributed by atoms with Crippen LogP contribution in [-0.4, -0.2) is 24.3 Å². The van der Waals surface area contributed by atoms with Crippen molar-refractivity contribution < 1.29 is 45.7 Å². The van der Waals surface area contributed by atoms with Gasteiger partial charge in [-0.15, -0.1) is 0 Å². The standard InChI is InChI=1S/C8H12O3.3CO.Fe/c1-7(9)5-3-4-6-8(10)11-2;3*1-2;/h3-7,9H,1-2H3;;;;/t7-;;;;/m1..../s1. The van der Waals surface area contributed by atoms with E-state index in [0.717, 1.165) is 0 Å². The molecule has 0 bridgehead atoms. The van der Waals surface area contributed by atoms with Crippen molar-refractivity contribution in [3.05, 3.63) is 45.6 Å². The zero-order valence-corrected chi connectivity index (χ0v) is 10.8. The molecule has 1 N–H and O–H groups in total. The van der Waals surface area contributed by atoms with E-state index in [1.54, 1.807) is 19.8 Å². The Morgan fingerprint density at radius 3 is 1.83 bits per heavy atom. The minimum atomic E-state index is -0.489. The van der Waals surface area contributed by atoms with Gasteiger partial charge in [0.25, 0.3) is 0 Å². The smallest absolute Gasteiger partial charge is 0 e. The molecule has 7 heteroatoms. The summed E-state index contributed by atoms with van der Waals surface area (Å²) in [6.07, 6.45) is 5.44. The van der Waals surface area contributed by atoms with E-state index >= 15 is 0 Å². The number of hydrogen-bond acceptors (Lipinski definition) is 3. The van der Waals surface area contributed by atoms with Crippen LogP contribution in [-0.2, 0) is 40.6 Å². The van der Waals surface area contributed by atoms with Crippen LogP contribution >= 0.6 is 0 Å². The molecule has 6 nitrogen and oxygen atoms in total. The van der Waals surface area contributed by atoms with Gasteiger partial charge in [0.15, 0.2) is 0 Å². The van der Waals surface area contributed by atoms with Crippen molar-refractivity contribution in [2.75, 3.05) is 7.11 Å². The van der Waals surface area contributed by atoms with Gasteiger partial charge < -0.3 is 9.84 Å². The minimum Gasteiger partial charge on any atom is 0 e. The van der Waals surface area contributed by atoms with Crippen molar-refractivity contribution in [2.24, 2.45) is 0 Å². The van der Waals surface area contributed by atoms with Gasteiger partial charge in [0.1, 0.15) is 0 Å². The van der Waals surface area contributed by atoms with Gasteiger partial charge in [-0.2, -0.15) is 0 Å². The molecule has 0 heterocycles. The average molecular weight is 296 g/mol. The fourth-order valence-electron chi connectivity index (χ4n) is 0.427. The van der Waals surface area contributed by atoms with E-state index in [2.05, 4.69) is 24.7 Å². The van der Waals surface area contributed by atoms with Gasteiger partial charge >= 0.3 is 39.9 Å². The Hall–Kier alpha value is -0.831. The Kier molecular flexibility index (Phi) is 60.6. The summed E-state index contributed by atoms with van der Waals surface area (Å²) in [5.74, 6) is -0.403. The van der Waals surface area contributed by atoms with Gasteiger partial charge in [-0.05, 0) is 26.2 Å². The molecule has 0 aliphatic rings. The zero-order valence-electron chi connectivity index (χ0n) is 9.73. The van der Waals surface area contributed by atoms with Crippen LogP contribution in [0.4, 0.5) is 0 Å². The van der Waals surface area contributed by atoms with Crippen molar-refractivity contribution >= 4 is 5.97 Å². The van der Waals surface area contributed by atoms with Crippen LogP contribution < -0.4 is 0 Å². The third-order valence-corrected chi connectivity index (χ3v) is 0.934. The molecule has 0 unspecified atom stereocenters. The van der Waals surface area contributed by atoms with E-state index in [-0.39, 0.29) is 17.1 Å². The third-order valence-electron chi connectivity index (χ3n) is 0.934. The first-order chi connectivity index (χ1) is 8.16. The molecule has 1 atom stereocenters. The molecule has 0 aliphatic carbocycles. The number of carbonyl (C=O) groups is 1. The Morgan fingerprint density at radius 2 is 1.56 bits per heavy atom. The summed E-state index contributed by atoms with van der Waals surface area (Å²) in [5.41, 5.74) is 0. The topological polar surface area (TPSA) is 106 Å². The summed E-state index contributed by atoms with van der Waals surface area (Å²) in [6.45, 7) is 15.1. The molecule has 100 valence electrons. The molecule has 0 aromatic heterocycles. The number of unbranched alkanes of at least 4 members (excludes halogenated alkanes) is 1. The summed E-state index contributed by atoms with van der Waals surface area (Å²) in [7, 11) is 1.31. The van der Waals surface area contributed by atoms with Crippen molar-refractivity contribution in [3.8, 4) is 0 Å². The van der Waals surface area contributed by atoms with Crippen LogP contribution in [0.5, 0.6) is 0 Å². The maximum atomic E-state index is 10.5. The van der Waals surface area contributed by atoms with Crippen LogP contribution in [0.3, 0.4) is 0 Å². The van der Waals surface area contributed by atoms with Crippen LogP contribution in [0, 0.1) is 45.6 Å². The van der Waals surface area contributed by atoms with Gasteiger partial charge in [0.05, 0.1) is 19.6 Å². The van der Waals surface area contributed by atoms with Gasteiger partial charge in [0.2, 0.25) is 0 Å².